The van der Waals surface area contributed by atoms with E-state index in [-0.39, 0.29) is 17.3 Å². The Balaban J connectivity index is 2.01. The molecule has 2 fully saturated rings. The first-order chi connectivity index (χ1) is 6.78. The maximum Gasteiger partial charge on any atom is 0.152 e. The first kappa shape index (κ1) is 8.36. The van der Waals surface area contributed by atoms with E-state index in [1.807, 2.05) is 6.08 Å². The molecule has 2 nitrogen and oxygen atoms in total. The Morgan fingerprint density at radius 2 is 2.50 bits per heavy atom. The van der Waals surface area contributed by atoms with Crippen molar-refractivity contribution in [2.75, 3.05) is 6.61 Å². The smallest absolute Gasteiger partial charge is 0.152 e. The Labute approximate surface area is 81.4 Å². The molecule has 0 amide bonds. The predicted molar refractivity (Wildman–Crippen MR) is 48.2 cm³/mol. The van der Waals surface area contributed by atoms with E-state index in [2.05, 4.69) is 0 Å². The van der Waals surface area contributed by atoms with Crippen LogP contribution in [0, 0.1) is 11.8 Å². The van der Waals surface area contributed by atoms with Crippen LogP contribution in [-0.2, 0) is 9.53 Å². The van der Waals surface area contributed by atoms with E-state index in [4.69, 9.17) is 4.74 Å². The first-order valence-corrected chi connectivity index (χ1v) is 4.96. The van der Waals surface area contributed by atoms with E-state index in [0.29, 0.717) is 12.2 Å². The van der Waals surface area contributed by atoms with E-state index in [1.54, 1.807) is 6.08 Å². The van der Waals surface area contributed by atoms with Gasteiger partial charge in [0, 0.05) is 18.1 Å². The van der Waals surface area contributed by atoms with Gasteiger partial charge in [-0.1, -0.05) is 12.2 Å². The lowest BCUT2D eigenvalue weighted by Gasteiger charge is -2.50. The summed E-state index contributed by atoms with van der Waals surface area (Å²) in [5.74, 6) is -0.0106. The third-order valence-electron chi connectivity index (χ3n) is 3.75. The lowest BCUT2D eigenvalue weighted by molar-refractivity contribution is -0.106. The Morgan fingerprint density at radius 3 is 3.21 bits per heavy atom. The van der Waals surface area contributed by atoms with Crippen molar-refractivity contribution in [2.45, 2.75) is 18.4 Å². The van der Waals surface area contributed by atoms with Gasteiger partial charge in [0.1, 0.15) is 5.83 Å². The first-order valence-electron chi connectivity index (χ1n) is 4.96. The Morgan fingerprint density at radius 1 is 1.64 bits per heavy atom. The average Bonchev–Trinajstić information content (AvgIpc) is 2.46. The van der Waals surface area contributed by atoms with Gasteiger partial charge in [0.05, 0.1) is 5.60 Å². The minimum atomic E-state index is -0.392. The zero-order valence-electron chi connectivity index (χ0n) is 7.70. The highest BCUT2D eigenvalue weighted by molar-refractivity contribution is 5.79. The van der Waals surface area contributed by atoms with Crippen molar-refractivity contribution in [3.8, 4) is 0 Å². The van der Waals surface area contributed by atoms with E-state index in [9.17, 15) is 9.18 Å². The average molecular weight is 194 g/mol. The zero-order valence-corrected chi connectivity index (χ0v) is 7.70. The maximum atomic E-state index is 13.7. The Hall–Kier alpha value is -0.960. The molecule has 0 aromatic rings. The van der Waals surface area contributed by atoms with Gasteiger partial charge < -0.3 is 4.74 Å². The predicted octanol–water partition coefficient (Wildman–Crippen LogP) is 1.77. The van der Waals surface area contributed by atoms with Crippen LogP contribution in [0.3, 0.4) is 0 Å². The molecule has 3 heteroatoms. The standard InChI is InChI=1S/C11H11FO2/c12-10-7(6-13)1-3-11-8(2-4-14-11)5-9(10)11/h1,3,6,8-9H,2,4-5H2. The van der Waals surface area contributed by atoms with Gasteiger partial charge in [-0.15, -0.1) is 0 Å². The summed E-state index contributed by atoms with van der Waals surface area (Å²) < 4.78 is 19.3. The van der Waals surface area contributed by atoms with Crippen LogP contribution in [0.4, 0.5) is 4.39 Å². The molecule has 1 spiro atoms. The van der Waals surface area contributed by atoms with Crippen molar-refractivity contribution in [1.82, 2.24) is 0 Å². The van der Waals surface area contributed by atoms with Gasteiger partial charge >= 0.3 is 0 Å². The molecule has 0 bridgehead atoms. The number of carbonyl (C=O) groups is 1. The molecule has 0 N–H and O–H groups in total. The summed E-state index contributed by atoms with van der Waals surface area (Å²) in [6.07, 6.45) is 5.88. The van der Waals surface area contributed by atoms with Gasteiger partial charge in [-0.25, -0.2) is 4.39 Å². The van der Waals surface area contributed by atoms with Crippen molar-refractivity contribution < 1.29 is 13.9 Å². The van der Waals surface area contributed by atoms with Gasteiger partial charge in [-0.3, -0.25) is 4.79 Å². The number of ether oxygens (including phenoxy) is 1. The third kappa shape index (κ3) is 0.769. The van der Waals surface area contributed by atoms with Crippen LogP contribution < -0.4 is 0 Å². The van der Waals surface area contributed by atoms with E-state index < -0.39 is 5.60 Å². The number of carbonyl (C=O) groups excluding carboxylic acids is 1. The number of allylic oxidation sites excluding steroid dienone is 2. The van der Waals surface area contributed by atoms with E-state index in [0.717, 1.165) is 19.4 Å². The van der Waals surface area contributed by atoms with Gasteiger partial charge in [0.25, 0.3) is 0 Å². The summed E-state index contributed by atoms with van der Waals surface area (Å²) in [4.78, 5) is 10.5. The Kier molecular flexibility index (Phi) is 1.52. The van der Waals surface area contributed by atoms with Crippen LogP contribution in [0.25, 0.3) is 0 Å². The number of aldehydes is 1. The normalized spacial score (nSPS) is 44.4. The van der Waals surface area contributed by atoms with Crippen molar-refractivity contribution in [1.29, 1.82) is 0 Å². The van der Waals surface area contributed by atoms with Crippen LogP contribution in [0.15, 0.2) is 23.6 Å². The van der Waals surface area contributed by atoms with Gasteiger partial charge in [0.2, 0.25) is 0 Å². The van der Waals surface area contributed by atoms with Crippen molar-refractivity contribution in [3.05, 3.63) is 23.6 Å². The van der Waals surface area contributed by atoms with Crippen LogP contribution in [-0.4, -0.2) is 18.5 Å². The van der Waals surface area contributed by atoms with Gasteiger partial charge in [0.15, 0.2) is 6.29 Å². The second-order valence-corrected chi connectivity index (χ2v) is 4.23. The highest BCUT2D eigenvalue weighted by Gasteiger charge is 2.60. The molecular formula is C11H11FO2. The molecular weight excluding hydrogens is 183 g/mol. The minimum Gasteiger partial charge on any atom is -0.370 e. The second kappa shape index (κ2) is 2.54. The molecule has 1 saturated carbocycles. The lowest BCUT2D eigenvalue weighted by Crippen LogP contribution is -2.53. The van der Waals surface area contributed by atoms with Crippen LogP contribution in [0.2, 0.25) is 0 Å². The molecule has 0 aromatic carbocycles. The van der Waals surface area contributed by atoms with Crippen molar-refractivity contribution in [3.63, 3.8) is 0 Å². The number of hydrogen-bond donors (Lipinski definition) is 0. The van der Waals surface area contributed by atoms with Gasteiger partial charge in [-0.05, 0) is 18.8 Å². The SMILES string of the molecule is O=CC1=C(F)C2CC3CCOC32C=C1. The Bertz CT molecular complexity index is 358. The molecule has 3 aliphatic rings. The molecule has 3 unspecified atom stereocenters. The third-order valence-corrected chi connectivity index (χ3v) is 3.75. The van der Waals surface area contributed by atoms with Gasteiger partial charge in [-0.2, -0.15) is 0 Å². The summed E-state index contributed by atoms with van der Waals surface area (Å²) in [5.41, 5.74) is -0.203. The monoisotopic (exact) mass is 194 g/mol. The highest BCUT2D eigenvalue weighted by atomic mass is 19.1. The van der Waals surface area contributed by atoms with E-state index in [1.165, 1.54) is 0 Å². The van der Waals surface area contributed by atoms with Crippen LogP contribution in [0.1, 0.15) is 12.8 Å². The molecule has 1 saturated heterocycles. The fourth-order valence-electron chi connectivity index (χ4n) is 2.92. The fourth-order valence-corrected chi connectivity index (χ4v) is 2.92. The molecule has 1 heterocycles. The van der Waals surface area contributed by atoms with Crippen LogP contribution >= 0.6 is 0 Å². The zero-order chi connectivity index (χ0) is 9.76. The minimum absolute atomic E-state index is 0.189. The second-order valence-electron chi connectivity index (χ2n) is 4.23. The molecule has 0 radical (unpaired) electrons. The molecule has 14 heavy (non-hydrogen) atoms. The summed E-state index contributed by atoms with van der Waals surface area (Å²) in [6, 6.07) is 0. The molecule has 0 aromatic heterocycles. The fraction of sp³-hybridized carbons (Fsp3) is 0.545. The number of rotatable bonds is 1. The number of hydrogen-bond acceptors (Lipinski definition) is 2. The van der Waals surface area contributed by atoms with Crippen molar-refractivity contribution >= 4 is 6.29 Å². The summed E-state index contributed by atoms with van der Waals surface area (Å²) in [6.45, 7) is 0.717. The lowest BCUT2D eigenvalue weighted by atomic mass is 9.58. The summed E-state index contributed by atoms with van der Waals surface area (Å²) in [5, 5.41) is 0. The highest BCUT2D eigenvalue weighted by Crippen LogP contribution is 2.58. The summed E-state index contributed by atoms with van der Waals surface area (Å²) >= 11 is 0. The molecule has 3 rings (SSSR count). The number of halogens is 1. The summed E-state index contributed by atoms with van der Waals surface area (Å²) in [7, 11) is 0. The van der Waals surface area contributed by atoms with Crippen LogP contribution in [0.5, 0.6) is 0 Å². The quantitative estimate of drug-likeness (QED) is 0.595. The van der Waals surface area contributed by atoms with E-state index >= 15 is 0 Å². The molecule has 2 aliphatic carbocycles. The van der Waals surface area contributed by atoms with Crippen molar-refractivity contribution in [2.24, 2.45) is 11.8 Å². The molecule has 74 valence electrons. The maximum absolute atomic E-state index is 13.7. The molecule has 1 aliphatic heterocycles. The largest absolute Gasteiger partial charge is 0.370 e. The molecule has 3 atom stereocenters. The topological polar surface area (TPSA) is 26.3 Å².